The minimum atomic E-state index is -0.466. The van der Waals surface area contributed by atoms with E-state index in [1.165, 1.54) is 0 Å². The smallest absolute Gasteiger partial charge is 0.208 e. The van der Waals surface area contributed by atoms with Gasteiger partial charge in [-0.05, 0) is 25.3 Å². The maximum Gasteiger partial charge on any atom is 0.208 e. The lowest BCUT2D eigenvalue weighted by Crippen LogP contribution is -2.20. The molecule has 92 valence electrons. The van der Waals surface area contributed by atoms with E-state index in [1.807, 2.05) is 31.4 Å². The molecule has 2 aromatic heterocycles. The molecule has 0 bridgehead atoms. The van der Waals surface area contributed by atoms with E-state index in [4.69, 9.17) is 4.42 Å². The molecule has 0 aliphatic heterocycles. The predicted molar refractivity (Wildman–Crippen MR) is 67.0 cm³/mol. The molecule has 2 aromatic rings. The Morgan fingerprint density at radius 3 is 2.94 bits per heavy atom. The maximum absolute atomic E-state index is 9.84. The molecule has 17 heavy (non-hydrogen) atoms. The Bertz CT molecular complexity index is 445. The van der Waals surface area contributed by atoms with Crippen molar-refractivity contribution in [3.63, 3.8) is 0 Å². The maximum atomic E-state index is 9.84. The van der Waals surface area contributed by atoms with Crippen molar-refractivity contribution in [3.8, 4) is 0 Å². The highest BCUT2D eigenvalue weighted by Gasteiger charge is 2.09. The van der Waals surface area contributed by atoms with Gasteiger partial charge in [0.15, 0.2) is 0 Å². The summed E-state index contributed by atoms with van der Waals surface area (Å²) in [6, 6.07) is 3.86. The van der Waals surface area contributed by atoms with Crippen LogP contribution in [-0.2, 0) is 6.54 Å². The van der Waals surface area contributed by atoms with Crippen LogP contribution in [0.2, 0.25) is 0 Å². The van der Waals surface area contributed by atoms with Gasteiger partial charge < -0.3 is 14.8 Å². The molecule has 0 radical (unpaired) electrons. The van der Waals surface area contributed by atoms with E-state index in [-0.39, 0.29) is 0 Å². The number of nitrogens with one attached hydrogen (secondary N) is 1. The number of aliphatic hydroxyl groups is 1. The first kappa shape index (κ1) is 12.3. The fourth-order valence-electron chi connectivity index (χ4n) is 1.51. The molecule has 0 amide bonds. The average Bonchev–Trinajstić information content (AvgIpc) is 2.90. The molecule has 0 aromatic carbocycles. The van der Waals surface area contributed by atoms with Gasteiger partial charge in [0.05, 0.1) is 12.2 Å². The van der Waals surface area contributed by atoms with Crippen molar-refractivity contribution in [2.45, 2.75) is 26.5 Å². The fraction of sp³-hybridized carbons (Fsp3) is 0.417. The molecule has 0 aliphatic rings. The summed E-state index contributed by atoms with van der Waals surface area (Å²) >= 11 is 1.55. The van der Waals surface area contributed by atoms with Gasteiger partial charge in [0, 0.05) is 11.4 Å². The van der Waals surface area contributed by atoms with Crippen molar-refractivity contribution >= 4 is 11.3 Å². The lowest BCUT2D eigenvalue weighted by molar-refractivity contribution is 0.177. The molecule has 0 saturated carbocycles. The average molecular weight is 252 g/mol. The van der Waals surface area contributed by atoms with Crippen LogP contribution >= 0.6 is 11.3 Å². The van der Waals surface area contributed by atoms with E-state index in [2.05, 4.69) is 10.3 Å². The molecular formula is C12H16N2O2S. The SMILES string of the molecule is Cc1nc(CNCC(O)c2cccs2)oc1C. The van der Waals surface area contributed by atoms with E-state index < -0.39 is 6.10 Å². The van der Waals surface area contributed by atoms with Crippen molar-refractivity contribution < 1.29 is 9.52 Å². The third-order valence-corrected chi connectivity index (χ3v) is 3.53. The summed E-state index contributed by atoms with van der Waals surface area (Å²) in [7, 11) is 0. The second-order valence-corrected chi connectivity index (χ2v) is 4.89. The number of aryl methyl sites for hydroxylation is 2. The summed E-state index contributed by atoms with van der Waals surface area (Å²) in [6.07, 6.45) is -0.466. The zero-order chi connectivity index (χ0) is 12.3. The molecule has 0 spiro atoms. The topological polar surface area (TPSA) is 58.3 Å². The lowest BCUT2D eigenvalue weighted by atomic mass is 10.3. The van der Waals surface area contributed by atoms with Crippen LogP contribution in [0.1, 0.15) is 28.3 Å². The van der Waals surface area contributed by atoms with E-state index in [0.717, 1.165) is 16.3 Å². The van der Waals surface area contributed by atoms with Gasteiger partial charge in [-0.1, -0.05) is 6.07 Å². The molecule has 2 heterocycles. The van der Waals surface area contributed by atoms with Crippen molar-refractivity contribution in [1.82, 2.24) is 10.3 Å². The van der Waals surface area contributed by atoms with Crippen LogP contribution in [0.4, 0.5) is 0 Å². The van der Waals surface area contributed by atoms with Crippen molar-refractivity contribution in [2.24, 2.45) is 0 Å². The minimum absolute atomic E-state index is 0.466. The van der Waals surface area contributed by atoms with Crippen LogP contribution < -0.4 is 5.32 Å². The molecule has 4 nitrogen and oxygen atoms in total. The van der Waals surface area contributed by atoms with Gasteiger partial charge in [-0.3, -0.25) is 0 Å². The second kappa shape index (κ2) is 5.44. The highest BCUT2D eigenvalue weighted by atomic mass is 32.1. The number of aliphatic hydroxyl groups excluding tert-OH is 1. The Hall–Kier alpha value is -1.17. The number of rotatable bonds is 5. The predicted octanol–water partition coefficient (Wildman–Crippen LogP) is 2.18. The van der Waals surface area contributed by atoms with E-state index in [1.54, 1.807) is 11.3 Å². The van der Waals surface area contributed by atoms with Gasteiger partial charge >= 0.3 is 0 Å². The molecule has 1 atom stereocenters. The highest BCUT2D eigenvalue weighted by Crippen LogP contribution is 2.17. The standard InChI is InChI=1S/C12H16N2O2S/c1-8-9(2)16-12(14-8)7-13-6-10(15)11-4-3-5-17-11/h3-5,10,13,15H,6-7H2,1-2H3. The van der Waals surface area contributed by atoms with E-state index >= 15 is 0 Å². The minimum Gasteiger partial charge on any atom is -0.444 e. The second-order valence-electron chi connectivity index (χ2n) is 3.91. The number of oxazole rings is 1. The number of aromatic nitrogens is 1. The van der Waals surface area contributed by atoms with E-state index in [9.17, 15) is 5.11 Å². The van der Waals surface area contributed by atoms with Crippen molar-refractivity contribution in [1.29, 1.82) is 0 Å². The molecule has 1 unspecified atom stereocenters. The van der Waals surface area contributed by atoms with Gasteiger partial charge in [0.25, 0.3) is 0 Å². The Morgan fingerprint density at radius 1 is 1.53 bits per heavy atom. The van der Waals surface area contributed by atoms with Gasteiger partial charge in [0.1, 0.15) is 11.9 Å². The number of hydrogen-bond donors (Lipinski definition) is 2. The molecule has 0 aliphatic carbocycles. The Morgan fingerprint density at radius 2 is 2.35 bits per heavy atom. The molecule has 0 saturated heterocycles. The third kappa shape index (κ3) is 3.15. The Labute approximate surface area is 104 Å². The molecular weight excluding hydrogens is 236 g/mol. The monoisotopic (exact) mass is 252 g/mol. The highest BCUT2D eigenvalue weighted by molar-refractivity contribution is 7.10. The van der Waals surface area contributed by atoms with Gasteiger partial charge in [-0.25, -0.2) is 4.98 Å². The number of nitrogens with zero attached hydrogens (tertiary/aromatic N) is 1. The molecule has 2 rings (SSSR count). The van der Waals surface area contributed by atoms with Crippen molar-refractivity contribution in [2.75, 3.05) is 6.54 Å². The zero-order valence-electron chi connectivity index (χ0n) is 9.93. The quantitative estimate of drug-likeness (QED) is 0.856. The Kier molecular flexibility index (Phi) is 3.93. The van der Waals surface area contributed by atoms with Crippen LogP contribution in [0.25, 0.3) is 0 Å². The molecule has 0 fully saturated rings. The first-order valence-electron chi connectivity index (χ1n) is 5.52. The van der Waals surface area contributed by atoms with Crippen molar-refractivity contribution in [3.05, 3.63) is 39.7 Å². The summed E-state index contributed by atoms with van der Waals surface area (Å²) < 4.78 is 5.43. The van der Waals surface area contributed by atoms with Crippen LogP contribution in [-0.4, -0.2) is 16.6 Å². The first-order chi connectivity index (χ1) is 8.16. The number of hydrogen-bond acceptors (Lipinski definition) is 5. The van der Waals surface area contributed by atoms with Crippen LogP contribution in [0.5, 0.6) is 0 Å². The summed E-state index contributed by atoms with van der Waals surface area (Å²) in [5.74, 6) is 1.51. The van der Waals surface area contributed by atoms with E-state index in [0.29, 0.717) is 19.0 Å². The van der Waals surface area contributed by atoms with Crippen LogP contribution in [0, 0.1) is 13.8 Å². The van der Waals surface area contributed by atoms with Gasteiger partial charge in [-0.2, -0.15) is 0 Å². The third-order valence-electron chi connectivity index (χ3n) is 2.56. The largest absolute Gasteiger partial charge is 0.444 e. The fourth-order valence-corrected chi connectivity index (χ4v) is 2.22. The van der Waals surface area contributed by atoms with Crippen LogP contribution in [0.3, 0.4) is 0 Å². The molecule has 5 heteroatoms. The summed E-state index contributed by atoms with van der Waals surface area (Å²) in [5.41, 5.74) is 0.917. The van der Waals surface area contributed by atoms with Gasteiger partial charge in [0.2, 0.25) is 5.89 Å². The number of thiophene rings is 1. The van der Waals surface area contributed by atoms with Gasteiger partial charge in [-0.15, -0.1) is 11.3 Å². The van der Waals surface area contributed by atoms with Crippen LogP contribution in [0.15, 0.2) is 21.9 Å². The summed E-state index contributed by atoms with van der Waals surface area (Å²) in [5, 5.41) is 14.9. The summed E-state index contributed by atoms with van der Waals surface area (Å²) in [6.45, 7) is 4.85. The summed E-state index contributed by atoms with van der Waals surface area (Å²) in [4.78, 5) is 5.23. The lowest BCUT2D eigenvalue weighted by Gasteiger charge is -2.08. The molecule has 2 N–H and O–H groups in total. The Balaban J connectivity index is 1.80. The first-order valence-corrected chi connectivity index (χ1v) is 6.40. The normalized spacial score (nSPS) is 12.9. The zero-order valence-corrected chi connectivity index (χ0v) is 10.8.